The summed E-state index contributed by atoms with van der Waals surface area (Å²) in [5.41, 5.74) is 3.59. The Morgan fingerprint density at radius 3 is 2.48 bits per heavy atom. The standard InChI is InChI=1S/C22H29ClN4O.HI/c1-2-24-22(25-12-11-19-5-3-4-6-21(19)23)26-17-18-7-9-20(10-8-18)27-13-15-28-16-14-27;/h3-10H,2,11-17H2,1H3,(H2,24,25,26);1H. The van der Waals surface area contributed by atoms with Gasteiger partial charge in [0, 0.05) is 36.9 Å². The van der Waals surface area contributed by atoms with Crippen LogP contribution in [0.5, 0.6) is 0 Å². The van der Waals surface area contributed by atoms with E-state index < -0.39 is 0 Å². The normalized spacial score (nSPS) is 14.3. The molecule has 0 saturated carbocycles. The number of rotatable bonds is 7. The molecule has 0 bridgehead atoms. The molecule has 0 aliphatic carbocycles. The summed E-state index contributed by atoms with van der Waals surface area (Å²) >= 11 is 6.23. The molecule has 3 rings (SSSR count). The van der Waals surface area contributed by atoms with Gasteiger partial charge >= 0.3 is 0 Å². The zero-order chi connectivity index (χ0) is 19.6. The van der Waals surface area contributed by atoms with E-state index in [1.165, 1.54) is 11.3 Å². The van der Waals surface area contributed by atoms with Crippen LogP contribution in [0.4, 0.5) is 5.69 Å². The van der Waals surface area contributed by atoms with E-state index in [4.69, 9.17) is 21.3 Å². The summed E-state index contributed by atoms with van der Waals surface area (Å²) < 4.78 is 5.42. The van der Waals surface area contributed by atoms with E-state index in [9.17, 15) is 0 Å². The lowest BCUT2D eigenvalue weighted by molar-refractivity contribution is 0.122. The summed E-state index contributed by atoms with van der Waals surface area (Å²) in [4.78, 5) is 7.07. The van der Waals surface area contributed by atoms with Crippen LogP contribution < -0.4 is 15.5 Å². The van der Waals surface area contributed by atoms with Crippen LogP contribution in [0.1, 0.15) is 18.1 Å². The lowest BCUT2D eigenvalue weighted by Crippen LogP contribution is -2.38. The molecule has 7 heteroatoms. The molecule has 158 valence electrons. The van der Waals surface area contributed by atoms with Gasteiger partial charge in [-0.2, -0.15) is 0 Å². The monoisotopic (exact) mass is 528 g/mol. The zero-order valence-electron chi connectivity index (χ0n) is 16.9. The fourth-order valence-corrected chi connectivity index (χ4v) is 3.39. The van der Waals surface area contributed by atoms with Crippen molar-refractivity contribution in [3.8, 4) is 0 Å². The van der Waals surface area contributed by atoms with Crippen molar-refractivity contribution in [2.45, 2.75) is 19.9 Å². The predicted molar refractivity (Wildman–Crippen MR) is 133 cm³/mol. The van der Waals surface area contributed by atoms with Gasteiger partial charge in [-0.1, -0.05) is 41.9 Å². The van der Waals surface area contributed by atoms with Crippen LogP contribution in [0, 0.1) is 0 Å². The molecule has 1 aliphatic rings. The lowest BCUT2D eigenvalue weighted by Gasteiger charge is -2.28. The minimum atomic E-state index is 0. The Bertz CT molecular complexity index is 764. The number of nitrogens with one attached hydrogen (secondary N) is 2. The van der Waals surface area contributed by atoms with Gasteiger partial charge in [0.2, 0.25) is 0 Å². The van der Waals surface area contributed by atoms with Gasteiger partial charge in [-0.25, -0.2) is 4.99 Å². The van der Waals surface area contributed by atoms with Gasteiger partial charge in [0.25, 0.3) is 0 Å². The largest absolute Gasteiger partial charge is 0.378 e. The highest BCUT2D eigenvalue weighted by Crippen LogP contribution is 2.17. The average molecular weight is 529 g/mol. The van der Waals surface area contributed by atoms with E-state index >= 15 is 0 Å². The van der Waals surface area contributed by atoms with Crippen LogP contribution >= 0.6 is 35.6 Å². The highest BCUT2D eigenvalue weighted by molar-refractivity contribution is 14.0. The first kappa shape index (κ1) is 23.8. The molecule has 2 N–H and O–H groups in total. The molecule has 1 aliphatic heterocycles. The minimum absolute atomic E-state index is 0. The van der Waals surface area contributed by atoms with E-state index in [0.717, 1.165) is 62.4 Å². The molecule has 0 spiro atoms. The smallest absolute Gasteiger partial charge is 0.191 e. The van der Waals surface area contributed by atoms with Crippen molar-refractivity contribution in [3.05, 3.63) is 64.7 Å². The number of guanidine groups is 1. The Kier molecular flexibility index (Phi) is 10.6. The molecule has 1 saturated heterocycles. The third kappa shape index (κ3) is 7.68. The molecule has 0 unspecified atom stereocenters. The van der Waals surface area contributed by atoms with Crippen molar-refractivity contribution >= 4 is 47.2 Å². The number of nitrogens with zero attached hydrogens (tertiary/aromatic N) is 2. The highest BCUT2D eigenvalue weighted by Gasteiger charge is 2.10. The number of morpholine rings is 1. The Morgan fingerprint density at radius 1 is 1.07 bits per heavy atom. The van der Waals surface area contributed by atoms with Crippen LogP contribution in [0.25, 0.3) is 0 Å². The molecular weight excluding hydrogens is 499 g/mol. The number of anilines is 1. The quantitative estimate of drug-likeness (QED) is 0.323. The number of halogens is 2. The Hall–Kier alpha value is -1.51. The molecule has 0 aromatic heterocycles. The molecule has 2 aromatic rings. The maximum absolute atomic E-state index is 6.23. The van der Waals surface area contributed by atoms with Crippen molar-refractivity contribution in [3.63, 3.8) is 0 Å². The van der Waals surface area contributed by atoms with Crippen molar-refractivity contribution in [2.24, 2.45) is 4.99 Å². The summed E-state index contributed by atoms with van der Waals surface area (Å²) in [6.45, 7) is 7.84. The summed E-state index contributed by atoms with van der Waals surface area (Å²) in [5.74, 6) is 0.826. The predicted octanol–water partition coefficient (Wildman–Crippen LogP) is 4.09. The van der Waals surface area contributed by atoms with Gasteiger partial charge in [0.15, 0.2) is 5.96 Å². The van der Waals surface area contributed by atoms with Gasteiger partial charge in [-0.05, 0) is 42.7 Å². The van der Waals surface area contributed by atoms with Crippen LogP contribution in [0.15, 0.2) is 53.5 Å². The second-order valence-electron chi connectivity index (χ2n) is 6.73. The first-order chi connectivity index (χ1) is 13.8. The molecule has 29 heavy (non-hydrogen) atoms. The summed E-state index contributed by atoms with van der Waals surface area (Å²) in [5, 5.41) is 7.50. The van der Waals surface area contributed by atoms with Crippen LogP contribution in [-0.2, 0) is 17.7 Å². The van der Waals surface area contributed by atoms with Crippen LogP contribution in [0.3, 0.4) is 0 Å². The van der Waals surface area contributed by atoms with Crippen LogP contribution in [0.2, 0.25) is 5.02 Å². The molecule has 0 radical (unpaired) electrons. The second-order valence-corrected chi connectivity index (χ2v) is 7.14. The molecule has 0 atom stereocenters. The van der Waals surface area contributed by atoms with E-state index in [0.29, 0.717) is 6.54 Å². The van der Waals surface area contributed by atoms with Crippen molar-refractivity contribution in [1.82, 2.24) is 10.6 Å². The SMILES string of the molecule is CCNC(=NCc1ccc(N2CCOCC2)cc1)NCCc1ccccc1Cl.I. The fourth-order valence-electron chi connectivity index (χ4n) is 3.16. The number of benzene rings is 2. The van der Waals surface area contributed by atoms with Crippen LogP contribution in [-0.4, -0.2) is 45.4 Å². The first-order valence-corrected chi connectivity index (χ1v) is 10.3. The molecule has 1 fully saturated rings. The average Bonchev–Trinajstić information content (AvgIpc) is 2.74. The maximum Gasteiger partial charge on any atom is 0.191 e. The molecule has 2 aromatic carbocycles. The third-order valence-corrected chi connectivity index (χ3v) is 5.09. The van der Waals surface area contributed by atoms with E-state index in [2.05, 4.69) is 52.8 Å². The minimum Gasteiger partial charge on any atom is -0.378 e. The van der Waals surface area contributed by atoms with Gasteiger partial charge in [-0.3, -0.25) is 0 Å². The lowest BCUT2D eigenvalue weighted by atomic mass is 10.1. The molecule has 5 nitrogen and oxygen atoms in total. The van der Waals surface area contributed by atoms with Gasteiger partial charge < -0.3 is 20.3 Å². The molecule has 0 amide bonds. The first-order valence-electron chi connectivity index (χ1n) is 9.93. The number of ether oxygens (including phenoxy) is 1. The van der Waals surface area contributed by atoms with Gasteiger partial charge in [-0.15, -0.1) is 24.0 Å². The third-order valence-electron chi connectivity index (χ3n) is 4.72. The summed E-state index contributed by atoms with van der Waals surface area (Å²) in [6.07, 6.45) is 0.859. The van der Waals surface area contributed by atoms with E-state index in [-0.39, 0.29) is 24.0 Å². The van der Waals surface area contributed by atoms with Gasteiger partial charge in [0.05, 0.1) is 19.8 Å². The second kappa shape index (κ2) is 12.9. The Labute approximate surface area is 195 Å². The van der Waals surface area contributed by atoms with E-state index in [1.54, 1.807) is 0 Å². The van der Waals surface area contributed by atoms with Crippen molar-refractivity contribution in [1.29, 1.82) is 0 Å². The molecular formula is C22H30ClIN4O. The Balaban J connectivity index is 0.00000300. The highest BCUT2D eigenvalue weighted by atomic mass is 127. The fraction of sp³-hybridized carbons (Fsp3) is 0.409. The maximum atomic E-state index is 6.23. The van der Waals surface area contributed by atoms with Gasteiger partial charge in [0.1, 0.15) is 0 Å². The molecule has 1 heterocycles. The Morgan fingerprint density at radius 2 is 1.79 bits per heavy atom. The summed E-state index contributed by atoms with van der Waals surface area (Å²) in [6, 6.07) is 16.6. The zero-order valence-corrected chi connectivity index (χ0v) is 20.0. The van der Waals surface area contributed by atoms with Crippen molar-refractivity contribution < 1.29 is 4.74 Å². The van der Waals surface area contributed by atoms with E-state index in [1.807, 2.05) is 18.2 Å². The summed E-state index contributed by atoms with van der Waals surface area (Å²) in [7, 11) is 0. The number of aliphatic imine (C=N–C) groups is 1. The van der Waals surface area contributed by atoms with Crippen molar-refractivity contribution in [2.75, 3.05) is 44.3 Å². The number of hydrogen-bond acceptors (Lipinski definition) is 3. The number of hydrogen-bond donors (Lipinski definition) is 2. The topological polar surface area (TPSA) is 48.9 Å².